The average molecular weight is 342 g/mol. The number of alkyl carbamates (subject to hydrolysis) is 2. The molecule has 7 nitrogen and oxygen atoms in total. The van der Waals surface area contributed by atoms with Gasteiger partial charge in [0.15, 0.2) is 11.9 Å². The van der Waals surface area contributed by atoms with Crippen molar-refractivity contribution in [1.29, 1.82) is 0 Å². The summed E-state index contributed by atoms with van der Waals surface area (Å²) < 4.78 is 9.94. The maximum absolute atomic E-state index is 12.1. The molecule has 24 heavy (non-hydrogen) atoms. The van der Waals surface area contributed by atoms with Crippen LogP contribution in [0.1, 0.15) is 60.3 Å². The van der Waals surface area contributed by atoms with Crippen LogP contribution in [0, 0.1) is 5.41 Å². The highest BCUT2D eigenvalue weighted by Crippen LogP contribution is 2.41. The highest BCUT2D eigenvalue weighted by molar-refractivity contribution is 5.73. The Morgan fingerprint density at radius 1 is 1.25 bits per heavy atom. The largest absolute Gasteiger partial charge is 0.453 e. The monoisotopic (exact) mass is 342 g/mol. The third kappa shape index (κ3) is 5.69. The summed E-state index contributed by atoms with van der Waals surface area (Å²) in [4.78, 5) is 34.8. The van der Waals surface area contributed by atoms with Gasteiger partial charge in [-0.05, 0) is 44.9 Å². The normalized spacial score (nSPS) is 28.2. The molecule has 3 atom stereocenters. The molecule has 3 unspecified atom stereocenters. The number of carbonyl (C=O) groups is 3. The molecule has 138 valence electrons. The summed E-state index contributed by atoms with van der Waals surface area (Å²) in [5.41, 5.74) is -1.70. The molecule has 0 bridgehead atoms. The molecule has 0 aromatic rings. The Labute approximate surface area is 143 Å². The van der Waals surface area contributed by atoms with Gasteiger partial charge in [0.1, 0.15) is 0 Å². The minimum Gasteiger partial charge on any atom is -0.453 e. The zero-order valence-corrected chi connectivity index (χ0v) is 15.5. The Bertz CT molecular complexity index is 493. The van der Waals surface area contributed by atoms with Gasteiger partial charge in [-0.15, -0.1) is 0 Å². The van der Waals surface area contributed by atoms with E-state index in [-0.39, 0.29) is 11.5 Å². The second-order valence-electron chi connectivity index (χ2n) is 7.94. The van der Waals surface area contributed by atoms with E-state index in [1.54, 1.807) is 13.8 Å². The maximum atomic E-state index is 12.1. The SMILES string of the molecule is CCC(C)(C=O)OC(=O)NC1CC(C)(C)CC(C)(NC(=O)OC)C1. The minimum atomic E-state index is -1.12. The maximum Gasteiger partial charge on any atom is 0.408 e. The van der Waals surface area contributed by atoms with Crippen LogP contribution in [0.4, 0.5) is 9.59 Å². The molecule has 1 fully saturated rings. The third-order valence-corrected chi connectivity index (χ3v) is 4.55. The van der Waals surface area contributed by atoms with E-state index in [1.807, 2.05) is 6.92 Å². The first-order valence-corrected chi connectivity index (χ1v) is 8.28. The number of nitrogens with one attached hydrogen (secondary N) is 2. The van der Waals surface area contributed by atoms with Crippen LogP contribution in [-0.2, 0) is 14.3 Å². The van der Waals surface area contributed by atoms with Crippen molar-refractivity contribution in [2.45, 2.75) is 77.5 Å². The lowest BCUT2D eigenvalue weighted by Gasteiger charge is -2.46. The number of hydrogen-bond acceptors (Lipinski definition) is 5. The molecule has 0 spiro atoms. The summed E-state index contributed by atoms with van der Waals surface area (Å²) in [6, 6.07) is -0.170. The highest BCUT2D eigenvalue weighted by Gasteiger charge is 2.43. The summed E-state index contributed by atoms with van der Waals surface area (Å²) in [5.74, 6) is 0. The summed E-state index contributed by atoms with van der Waals surface area (Å²) in [7, 11) is 1.32. The van der Waals surface area contributed by atoms with E-state index in [2.05, 4.69) is 24.5 Å². The molecule has 0 heterocycles. The fourth-order valence-electron chi connectivity index (χ4n) is 3.57. The second-order valence-corrected chi connectivity index (χ2v) is 7.94. The molecule has 0 saturated heterocycles. The van der Waals surface area contributed by atoms with E-state index in [0.717, 1.165) is 12.8 Å². The Kier molecular flexibility index (Phi) is 6.25. The standard InChI is InChI=1S/C17H30N2O5/c1-7-17(5,11-20)24-13(21)18-12-8-15(2,3)10-16(4,9-12)19-14(22)23-6/h11-12H,7-10H2,1-6H3,(H,18,21)(H,19,22). The fourth-order valence-corrected chi connectivity index (χ4v) is 3.57. The van der Waals surface area contributed by atoms with Gasteiger partial charge in [0.05, 0.1) is 7.11 Å². The first kappa shape index (κ1) is 20.3. The van der Waals surface area contributed by atoms with E-state index < -0.39 is 23.3 Å². The van der Waals surface area contributed by atoms with Gasteiger partial charge in [-0.2, -0.15) is 0 Å². The van der Waals surface area contributed by atoms with Crippen LogP contribution in [0.2, 0.25) is 0 Å². The topological polar surface area (TPSA) is 93.7 Å². The number of rotatable bonds is 5. The Morgan fingerprint density at radius 2 is 1.88 bits per heavy atom. The van der Waals surface area contributed by atoms with Crippen molar-refractivity contribution in [3.63, 3.8) is 0 Å². The number of aldehydes is 1. The van der Waals surface area contributed by atoms with Crippen LogP contribution in [-0.4, -0.2) is 42.8 Å². The van der Waals surface area contributed by atoms with Gasteiger partial charge in [-0.3, -0.25) is 4.79 Å². The quantitative estimate of drug-likeness (QED) is 0.749. The van der Waals surface area contributed by atoms with E-state index in [1.165, 1.54) is 7.11 Å². The molecule has 0 aromatic carbocycles. The molecule has 1 aliphatic rings. The molecular formula is C17H30N2O5. The molecule has 7 heteroatoms. The zero-order chi connectivity index (χ0) is 18.6. The second kappa shape index (κ2) is 7.40. The number of hydrogen-bond donors (Lipinski definition) is 2. The molecule has 2 N–H and O–H groups in total. The first-order valence-electron chi connectivity index (χ1n) is 8.28. The summed E-state index contributed by atoms with van der Waals surface area (Å²) in [6.45, 7) is 9.47. The smallest absolute Gasteiger partial charge is 0.408 e. The van der Waals surface area contributed by atoms with Crippen LogP contribution in [0.3, 0.4) is 0 Å². The number of carbonyl (C=O) groups excluding carboxylic acids is 3. The van der Waals surface area contributed by atoms with Crippen molar-refractivity contribution in [2.75, 3.05) is 7.11 Å². The van der Waals surface area contributed by atoms with Gasteiger partial charge in [0.25, 0.3) is 0 Å². The number of methoxy groups -OCH3 is 1. The van der Waals surface area contributed by atoms with Crippen molar-refractivity contribution < 1.29 is 23.9 Å². The fraction of sp³-hybridized carbons (Fsp3) is 0.824. The molecule has 0 radical (unpaired) electrons. The molecular weight excluding hydrogens is 312 g/mol. The minimum absolute atomic E-state index is 0.0787. The van der Waals surface area contributed by atoms with Crippen molar-refractivity contribution >= 4 is 18.5 Å². The molecule has 0 aliphatic heterocycles. The van der Waals surface area contributed by atoms with Crippen molar-refractivity contribution in [1.82, 2.24) is 10.6 Å². The summed E-state index contributed by atoms with van der Waals surface area (Å²) >= 11 is 0. The Balaban J connectivity index is 2.78. The van der Waals surface area contributed by atoms with E-state index in [9.17, 15) is 14.4 Å². The van der Waals surface area contributed by atoms with E-state index in [0.29, 0.717) is 19.1 Å². The van der Waals surface area contributed by atoms with E-state index >= 15 is 0 Å². The summed E-state index contributed by atoms with van der Waals surface area (Å²) in [5, 5.41) is 5.70. The van der Waals surface area contributed by atoms with Crippen LogP contribution in [0.15, 0.2) is 0 Å². The van der Waals surface area contributed by atoms with Crippen molar-refractivity contribution in [2.24, 2.45) is 5.41 Å². The van der Waals surface area contributed by atoms with Crippen LogP contribution < -0.4 is 10.6 Å². The average Bonchev–Trinajstić information content (AvgIpc) is 2.43. The van der Waals surface area contributed by atoms with Gasteiger partial charge in [0.2, 0.25) is 0 Å². The molecule has 1 saturated carbocycles. The predicted octanol–water partition coefficient (Wildman–Crippen LogP) is 2.77. The van der Waals surface area contributed by atoms with Gasteiger partial charge in [-0.1, -0.05) is 20.8 Å². The Morgan fingerprint density at radius 3 is 2.38 bits per heavy atom. The molecule has 1 rings (SSSR count). The lowest BCUT2D eigenvalue weighted by Crippen LogP contribution is -2.57. The van der Waals surface area contributed by atoms with Gasteiger partial charge in [0, 0.05) is 11.6 Å². The van der Waals surface area contributed by atoms with Gasteiger partial charge < -0.3 is 20.1 Å². The lowest BCUT2D eigenvalue weighted by atomic mass is 9.67. The summed E-state index contributed by atoms with van der Waals surface area (Å²) in [6.07, 6.45) is 2.02. The van der Waals surface area contributed by atoms with Crippen LogP contribution in [0.25, 0.3) is 0 Å². The van der Waals surface area contributed by atoms with Crippen molar-refractivity contribution in [3.8, 4) is 0 Å². The molecule has 0 aromatic heterocycles. The van der Waals surface area contributed by atoms with Gasteiger partial charge >= 0.3 is 12.2 Å². The third-order valence-electron chi connectivity index (χ3n) is 4.55. The Hall–Kier alpha value is -1.79. The highest BCUT2D eigenvalue weighted by atomic mass is 16.6. The van der Waals surface area contributed by atoms with Crippen molar-refractivity contribution in [3.05, 3.63) is 0 Å². The predicted molar refractivity (Wildman–Crippen MR) is 89.7 cm³/mol. The van der Waals surface area contributed by atoms with E-state index in [4.69, 9.17) is 9.47 Å². The zero-order valence-electron chi connectivity index (χ0n) is 15.5. The molecule has 2 amide bonds. The molecule has 1 aliphatic carbocycles. The number of ether oxygens (including phenoxy) is 2. The van der Waals surface area contributed by atoms with Gasteiger partial charge in [-0.25, -0.2) is 9.59 Å². The van der Waals surface area contributed by atoms with Crippen LogP contribution >= 0.6 is 0 Å². The van der Waals surface area contributed by atoms with Crippen LogP contribution in [0.5, 0.6) is 0 Å². The number of amides is 2. The lowest BCUT2D eigenvalue weighted by molar-refractivity contribution is -0.123. The first-order chi connectivity index (χ1) is 11.0.